The summed E-state index contributed by atoms with van der Waals surface area (Å²) in [7, 11) is 0. The summed E-state index contributed by atoms with van der Waals surface area (Å²) in [6.45, 7) is -0.787. The number of aliphatic hydroxyl groups is 2. The lowest BCUT2D eigenvalue weighted by molar-refractivity contribution is -0.259. The average molecular weight is 277 g/mol. The van der Waals surface area contributed by atoms with Gasteiger partial charge in [-0.2, -0.15) is 4.98 Å². The minimum Gasteiger partial charge on any atom is -0.394 e. The number of alkyl halides is 2. The Hall–Kier alpha value is -1.58. The van der Waals surface area contributed by atoms with Gasteiger partial charge in [0.05, 0.1) is 13.0 Å². The second-order valence-electron chi connectivity index (χ2n) is 4.26. The minimum absolute atomic E-state index is 0.0393. The van der Waals surface area contributed by atoms with Gasteiger partial charge < -0.3 is 20.7 Å². The van der Waals surface area contributed by atoms with Gasteiger partial charge >= 0.3 is 5.69 Å². The zero-order valence-electron chi connectivity index (χ0n) is 9.74. The van der Waals surface area contributed by atoms with Crippen molar-refractivity contribution in [3.8, 4) is 0 Å². The first-order chi connectivity index (χ1) is 8.85. The molecule has 1 aliphatic heterocycles. The molecule has 2 rings (SSSR count). The Morgan fingerprint density at radius 2 is 2.32 bits per heavy atom. The first-order valence-electron chi connectivity index (χ1n) is 5.52. The number of ether oxygens (including phenoxy) is 1. The van der Waals surface area contributed by atoms with Gasteiger partial charge in [0.1, 0.15) is 24.3 Å². The maximum absolute atomic E-state index is 13.6. The first-order valence-corrected chi connectivity index (χ1v) is 5.52. The number of nitrogen functional groups attached to an aromatic ring is 1. The third kappa shape index (κ3) is 2.57. The van der Waals surface area contributed by atoms with Gasteiger partial charge in [-0.25, -0.2) is 13.6 Å². The molecule has 7 nitrogen and oxygen atoms in total. The van der Waals surface area contributed by atoms with Crippen LogP contribution in [0.3, 0.4) is 0 Å². The van der Waals surface area contributed by atoms with Gasteiger partial charge in [-0.1, -0.05) is 0 Å². The number of aromatic nitrogens is 2. The summed E-state index contributed by atoms with van der Waals surface area (Å²) in [4.78, 5) is 15.0. The summed E-state index contributed by atoms with van der Waals surface area (Å²) in [6.07, 6.45) is -4.63. The molecule has 1 aliphatic rings. The molecule has 1 aromatic heterocycles. The van der Waals surface area contributed by atoms with Crippen LogP contribution in [0.5, 0.6) is 0 Å². The molecular weight excluding hydrogens is 264 g/mol. The highest BCUT2D eigenvalue weighted by Crippen LogP contribution is 2.37. The first kappa shape index (κ1) is 13.8. The highest BCUT2D eigenvalue weighted by atomic mass is 19.3. The highest BCUT2D eigenvalue weighted by molar-refractivity contribution is 5.23. The molecule has 0 saturated carbocycles. The number of hydrogen-bond acceptors (Lipinski definition) is 6. The highest BCUT2D eigenvalue weighted by Gasteiger charge is 2.51. The van der Waals surface area contributed by atoms with Crippen LogP contribution in [0.4, 0.5) is 14.6 Å². The van der Waals surface area contributed by atoms with E-state index in [-0.39, 0.29) is 5.82 Å². The molecule has 0 spiro atoms. The molecule has 0 aliphatic carbocycles. The smallest absolute Gasteiger partial charge is 0.351 e. The number of rotatable bonds is 2. The summed E-state index contributed by atoms with van der Waals surface area (Å²) in [6, 6.07) is 1.27. The summed E-state index contributed by atoms with van der Waals surface area (Å²) in [5, 5.41) is 18.2. The molecule has 19 heavy (non-hydrogen) atoms. The summed E-state index contributed by atoms with van der Waals surface area (Å²) < 4.78 is 33.1. The third-order valence-electron chi connectivity index (χ3n) is 2.91. The van der Waals surface area contributed by atoms with Crippen LogP contribution in [0.2, 0.25) is 0 Å². The third-order valence-corrected chi connectivity index (χ3v) is 2.91. The van der Waals surface area contributed by atoms with Crippen LogP contribution in [0.15, 0.2) is 17.1 Å². The quantitative estimate of drug-likeness (QED) is 0.646. The number of nitrogens with two attached hydrogens (primary N) is 1. The zero-order valence-corrected chi connectivity index (χ0v) is 9.74. The second kappa shape index (κ2) is 4.83. The van der Waals surface area contributed by atoms with Crippen molar-refractivity contribution in [2.45, 2.75) is 30.8 Å². The Balaban J connectivity index is 2.33. The molecule has 0 aromatic carbocycles. The van der Waals surface area contributed by atoms with E-state index >= 15 is 0 Å². The van der Waals surface area contributed by atoms with Gasteiger partial charge in [-0.15, -0.1) is 0 Å². The number of hydrogen-bond donors (Lipinski definition) is 3. The van der Waals surface area contributed by atoms with Crippen molar-refractivity contribution < 1.29 is 23.7 Å². The van der Waals surface area contributed by atoms with Crippen molar-refractivity contribution in [2.24, 2.45) is 0 Å². The summed E-state index contributed by atoms with van der Waals surface area (Å²) in [5.74, 6) is -3.51. The van der Waals surface area contributed by atoms with E-state index in [2.05, 4.69) is 4.98 Å². The van der Waals surface area contributed by atoms with Crippen molar-refractivity contribution >= 4 is 5.82 Å². The fourth-order valence-corrected chi connectivity index (χ4v) is 1.90. The predicted molar refractivity (Wildman–Crippen MR) is 59.5 cm³/mol. The van der Waals surface area contributed by atoms with Crippen LogP contribution in [0.1, 0.15) is 12.6 Å². The van der Waals surface area contributed by atoms with Crippen molar-refractivity contribution in [1.82, 2.24) is 9.55 Å². The van der Waals surface area contributed by atoms with Gasteiger partial charge in [0.15, 0.2) is 0 Å². The van der Waals surface area contributed by atoms with Crippen molar-refractivity contribution in [1.29, 1.82) is 0 Å². The molecule has 2 heterocycles. The number of halogens is 2. The van der Waals surface area contributed by atoms with Gasteiger partial charge in [-0.3, -0.25) is 4.57 Å². The van der Waals surface area contributed by atoms with E-state index in [1.807, 2.05) is 0 Å². The topological polar surface area (TPSA) is 111 Å². The lowest BCUT2D eigenvalue weighted by Gasteiger charge is -2.38. The number of nitrogens with zero attached hydrogens (tertiary/aromatic N) is 2. The van der Waals surface area contributed by atoms with Crippen molar-refractivity contribution in [3.63, 3.8) is 0 Å². The standard InChI is InChI=1S/C10H13F2N3O4/c11-10(12)3-7(19-5(4-16)8(10)17)15-2-1-6(13)14-9(15)18/h1-2,5,7-8,16-17H,3-4H2,(H2,13,14,18). The molecule has 1 aromatic rings. The molecule has 3 unspecified atom stereocenters. The summed E-state index contributed by atoms with van der Waals surface area (Å²) in [5.41, 5.74) is 4.45. The molecule has 4 N–H and O–H groups in total. The van der Waals surface area contributed by atoms with Crippen LogP contribution in [0, 0.1) is 0 Å². The van der Waals surface area contributed by atoms with E-state index in [0.29, 0.717) is 0 Å². The van der Waals surface area contributed by atoms with Crippen LogP contribution in [0.25, 0.3) is 0 Å². The van der Waals surface area contributed by atoms with Crippen molar-refractivity contribution in [3.05, 3.63) is 22.7 Å². The van der Waals surface area contributed by atoms with Gasteiger partial charge in [0.2, 0.25) is 0 Å². The largest absolute Gasteiger partial charge is 0.394 e. The molecule has 1 saturated heterocycles. The van der Waals surface area contributed by atoms with Gasteiger partial charge in [-0.05, 0) is 6.07 Å². The second-order valence-corrected chi connectivity index (χ2v) is 4.26. The van der Waals surface area contributed by atoms with Crippen molar-refractivity contribution in [2.75, 3.05) is 12.3 Å². The average Bonchev–Trinajstić information content (AvgIpc) is 2.32. The molecule has 3 atom stereocenters. The van der Waals surface area contributed by atoms with E-state index in [1.54, 1.807) is 0 Å². The van der Waals surface area contributed by atoms with E-state index in [4.69, 9.17) is 15.6 Å². The monoisotopic (exact) mass is 277 g/mol. The SMILES string of the molecule is Nc1ccn(C2CC(F)(F)C(O)C(CO)O2)c(=O)n1. The molecule has 0 bridgehead atoms. The molecule has 0 amide bonds. The van der Waals surface area contributed by atoms with E-state index in [0.717, 1.165) is 4.57 Å². The van der Waals surface area contributed by atoms with Crippen LogP contribution >= 0.6 is 0 Å². The Kier molecular flexibility index (Phi) is 3.52. The lowest BCUT2D eigenvalue weighted by Crippen LogP contribution is -2.53. The minimum atomic E-state index is -3.48. The predicted octanol–water partition coefficient (Wildman–Crippen LogP) is -0.899. The molecule has 9 heteroatoms. The fraction of sp³-hybridized carbons (Fsp3) is 0.600. The molecule has 106 valence electrons. The summed E-state index contributed by atoms with van der Waals surface area (Å²) >= 11 is 0. The van der Waals surface area contributed by atoms with E-state index < -0.39 is 43.1 Å². The van der Waals surface area contributed by atoms with Crippen LogP contribution < -0.4 is 11.4 Å². The Bertz CT molecular complexity index is 522. The maximum Gasteiger partial charge on any atom is 0.351 e. The number of anilines is 1. The Morgan fingerprint density at radius 1 is 1.63 bits per heavy atom. The Morgan fingerprint density at radius 3 is 2.89 bits per heavy atom. The fourth-order valence-electron chi connectivity index (χ4n) is 1.90. The van der Waals surface area contributed by atoms with E-state index in [1.165, 1.54) is 12.3 Å². The lowest BCUT2D eigenvalue weighted by atomic mass is 10.00. The van der Waals surface area contributed by atoms with E-state index in [9.17, 15) is 18.7 Å². The van der Waals surface area contributed by atoms with Crippen LogP contribution in [-0.4, -0.2) is 44.5 Å². The molecule has 1 fully saturated rings. The molecular formula is C10H13F2N3O4. The maximum atomic E-state index is 13.6. The van der Waals surface area contributed by atoms with Gasteiger partial charge in [0, 0.05) is 6.20 Å². The normalized spacial score (nSPS) is 30.2. The Labute approximate surface area is 106 Å². The zero-order chi connectivity index (χ0) is 14.2. The number of aliphatic hydroxyl groups excluding tert-OH is 2. The molecule has 0 radical (unpaired) electrons. The van der Waals surface area contributed by atoms with Crippen LogP contribution in [-0.2, 0) is 4.74 Å². The van der Waals surface area contributed by atoms with Gasteiger partial charge in [0.25, 0.3) is 5.92 Å².